The summed E-state index contributed by atoms with van der Waals surface area (Å²) in [5.74, 6) is 1.43. The first-order chi connectivity index (χ1) is 10.1. The molecular weight excluding hydrogens is 395 g/mol. The molecule has 1 amide bonds. The standard InChI is InChI=1S/C15H28N4O2.HI/c1-11-8-13(11)18-15(17-10-14(20)19(2)3)16-9-12-6-4-5-7-21-12;/h11-13H,4-10H2,1-3H3,(H2,16,17,18);1H. The molecule has 0 aromatic rings. The predicted octanol–water partition coefficient (Wildman–Crippen LogP) is 1.21. The Labute approximate surface area is 150 Å². The Bertz CT molecular complexity index is 384. The number of rotatable bonds is 5. The number of hydrogen-bond acceptors (Lipinski definition) is 3. The fourth-order valence-electron chi connectivity index (χ4n) is 2.32. The van der Waals surface area contributed by atoms with Crippen molar-refractivity contribution in [2.75, 3.05) is 33.8 Å². The topological polar surface area (TPSA) is 66.0 Å². The molecule has 1 saturated heterocycles. The molecule has 0 spiro atoms. The van der Waals surface area contributed by atoms with Gasteiger partial charge in [0.15, 0.2) is 5.96 Å². The molecule has 0 bridgehead atoms. The van der Waals surface area contributed by atoms with Gasteiger partial charge in [-0.1, -0.05) is 6.92 Å². The van der Waals surface area contributed by atoms with Gasteiger partial charge in [-0.3, -0.25) is 4.79 Å². The highest BCUT2D eigenvalue weighted by Crippen LogP contribution is 2.28. The van der Waals surface area contributed by atoms with Gasteiger partial charge in [0.05, 0.1) is 6.10 Å². The molecule has 1 heterocycles. The zero-order valence-electron chi connectivity index (χ0n) is 13.8. The first-order valence-corrected chi connectivity index (χ1v) is 7.93. The second-order valence-electron chi connectivity index (χ2n) is 6.29. The fourth-order valence-corrected chi connectivity index (χ4v) is 2.32. The molecule has 1 aliphatic carbocycles. The van der Waals surface area contributed by atoms with Gasteiger partial charge in [-0.15, -0.1) is 24.0 Å². The van der Waals surface area contributed by atoms with Crippen molar-refractivity contribution in [3.63, 3.8) is 0 Å². The van der Waals surface area contributed by atoms with Crippen molar-refractivity contribution in [3.8, 4) is 0 Å². The molecular formula is C15H29IN4O2. The van der Waals surface area contributed by atoms with Crippen LogP contribution in [0.2, 0.25) is 0 Å². The Kier molecular flexibility index (Phi) is 8.45. The molecule has 128 valence electrons. The summed E-state index contributed by atoms with van der Waals surface area (Å²) in [6, 6.07) is 0.484. The number of nitrogens with one attached hydrogen (secondary N) is 2. The van der Waals surface area contributed by atoms with Gasteiger partial charge in [0.25, 0.3) is 0 Å². The van der Waals surface area contributed by atoms with Gasteiger partial charge < -0.3 is 20.3 Å². The maximum Gasteiger partial charge on any atom is 0.243 e. The van der Waals surface area contributed by atoms with E-state index in [2.05, 4.69) is 22.5 Å². The van der Waals surface area contributed by atoms with E-state index in [1.54, 1.807) is 19.0 Å². The van der Waals surface area contributed by atoms with E-state index in [9.17, 15) is 4.79 Å². The van der Waals surface area contributed by atoms with Gasteiger partial charge in [0.2, 0.25) is 5.91 Å². The molecule has 2 N–H and O–H groups in total. The average Bonchev–Trinajstić information content (AvgIpc) is 3.17. The van der Waals surface area contributed by atoms with Crippen LogP contribution in [0.3, 0.4) is 0 Å². The summed E-state index contributed by atoms with van der Waals surface area (Å²) in [5, 5.41) is 6.71. The number of carbonyl (C=O) groups excluding carboxylic acids is 1. The number of ether oxygens (including phenoxy) is 1. The molecule has 0 radical (unpaired) electrons. The lowest BCUT2D eigenvalue weighted by molar-refractivity contribution is -0.127. The van der Waals surface area contributed by atoms with E-state index in [4.69, 9.17) is 4.74 Å². The Balaban J connectivity index is 0.00000242. The van der Waals surface area contributed by atoms with Crippen molar-refractivity contribution in [3.05, 3.63) is 0 Å². The highest BCUT2D eigenvalue weighted by atomic mass is 127. The molecule has 0 aromatic heterocycles. The molecule has 7 heteroatoms. The van der Waals surface area contributed by atoms with Gasteiger partial charge in [0, 0.05) is 33.3 Å². The number of aliphatic imine (C=N–C) groups is 1. The van der Waals surface area contributed by atoms with Crippen LogP contribution in [-0.4, -0.2) is 62.7 Å². The van der Waals surface area contributed by atoms with Crippen LogP contribution < -0.4 is 10.6 Å². The first-order valence-electron chi connectivity index (χ1n) is 7.93. The molecule has 3 unspecified atom stereocenters. The molecule has 2 aliphatic rings. The van der Waals surface area contributed by atoms with E-state index < -0.39 is 0 Å². The average molecular weight is 424 g/mol. The zero-order valence-corrected chi connectivity index (χ0v) is 16.1. The molecule has 1 saturated carbocycles. The molecule has 3 atom stereocenters. The number of halogens is 1. The van der Waals surface area contributed by atoms with Crippen LogP contribution in [0.25, 0.3) is 0 Å². The largest absolute Gasteiger partial charge is 0.376 e. The van der Waals surface area contributed by atoms with Gasteiger partial charge in [0.1, 0.15) is 6.54 Å². The van der Waals surface area contributed by atoms with E-state index in [1.165, 1.54) is 12.8 Å². The molecule has 2 fully saturated rings. The summed E-state index contributed by atoms with van der Waals surface area (Å²) < 4.78 is 5.71. The van der Waals surface area contributed by atoms with E-state index >= 15 is 0 Å². The number of likely N-dealkylation sites (N-methyl/N-ethyl adjacent to an activating group) is 1. The number of hydrogen-bond donors (Lipinski definition) is 2. The van der Waals surface area contributed by atoms with Crippen molar-refractivity contribution in [1.82, 2.24) is 15.5 Å². The van der Waals surface area contributed by atoms with E-state index in [1.807, 2.05) is 0 Å². The van der Waals surface area contributed by atoms with Crippen molar-refractivity contribution in [2.24, 2.45) is 10.9 Å². The first kappa shape index (κ1) is 19.5. The lowest BCUT2D eigenvalue weighted by atomic mass is 10.1. The fraction of sp³-hybridized carbons (Fsp3) is 0.867. The zero-order chi connectivity index (χ0) is 15.2. The Morgan fingerprint density at radius 2 is 2.09 bits per heavy atom. The van der Waals surface area contributed by atoms with Crippen molar-refractivity contribution >= 4 is 35.8 Å². The summed E-state index contributed by atoms with van der Waals surface area (Å²) in [4.78, 5) is 17.6. The van der Waals surface area contributed by atoms with Crippen molar-refractivity contribution in [1.29, 1.82) is 0 Å². The minimum atomic E-state index is 0. The smallest absolute Gasteiger partial charge is 0.243 e. The van der Waals surface area contributed by atoms with E-state index in [0.717, 1.165) is 32.0 Å². The summed E-state index contributed by atoms with van der Waals surface area (Å²) in [6.45, 7) is 3.99. The van der Waals surface area contributed by atoms with Crippen LogP contribution >= 0.6 is 24.0 Å². The Morgan fingerprint density at radius 3 is 2.64 bits per heavy atom. The van der Waals surface area contributed by atoms with Crippen molar-refractivity contribution < 1.29 is 9.53 Å². The lowest BCUT2D eigenvalue weighted by Crippen LogP contribution is -2.44. The van der Waals surface area contributed by atoms with Crippen LogP contribution in [0.15, 0.2) is 4.99 Å². The quantitative estimate of drug-likeness (QED) is 0.396. The summed E-state index contributed by atoms with van der Waals surface area (Å²) >= 11 is 0. The molecule has 6 nitrogen and oxygen atoms in total. The number of guanidine groups is 1. The number of carbonyl (C=O) groups is 1. The highest BCUT2D eigenvalue weighted by Gasteiger charge is 2.33. The van der Waals surface area contributed by atoms with Gasteiger partial charge >= 0.3 is 0 Å². The third-order valence-electron chi connectivity index (χ3n) is 4.07. The monoisotopic (exact) mass is 424 g/mol. The van der Waals surface area contributed by atoms with Crippen LogP contribution in [0, 0.1) is 5.92 Å². The molecule has 1 aliphatic heterocycles. The number of nitrogens with zero attached hydrogens (tertiary/aromatic N) is 2. The van der Waals surface area contributed by atoms with Crippen molar-refractivity contribution in [2.45, 2.75) is 44.8 Å². The molecule has 2 rings (SSSR count). The second kappa shape index (κ2) is 9.54. The Morgan fingerprint density at radius 1 is 1.36 bits per heavy atom. The van der Waals surface area contributed by atoms with E-state index in [-0.39, 0.29) is 42.5 Å². The summed E-state index contributed by atoms with van der Waals surface area (Å²) in [7, 11) is 3.49. The maximum atomic E-state index is 11.7. The second-order valence-corrected chi connectivity index (χ2v) is 6.29. The van der Waals surface area contributed by atoms with E-state index in [0.29, 0.717) is 12.0 Å². The van der Waals surface area contributed by atoms with Gasteiger partial charge in [-0.05, 0) is 31.6 Å². The third-order valence-corrected chi connectivity index (χ3v) is 4.07. The Hall–Kier alpha value is -0.570. The normalized spacial score (nSPS) is 27.6. The molecule has 0 aromatic carbocycles. The van der Waals surface area contributed by atoms with Crippen LogP contribution in [0.5, 0.6) is 0 Å². The van der Waals surface area contributed by atoms with Crippen LogP contribution in [0.4, 0.5) is 0 Å². The van der Waals surface area contributed by atoms with Gasteiger partial charge in [-0.2, -0.15) is 0 Å². The third kappa shape index (κ3) is 6.68. The minimum absolute atomic E-state index is 0. The highest BCUT2D eigenvalue weighted by molar-refractivity contribution is 14.0. The van der Waals surface area contributed by atoms with Crippen LogP contribution in [0.1, 0.15) is 32.6 Å². The number of amides is 1. The summed E-state index contributed by atoms with van der Waals surface area (Å²) in [5.41, 5.74) is 0. The summed E-state index contributed by atoms with van der Waals surface area (Å²) in [6.07, 6.45) is 4.91. The lowest BCUT2D eigenvalue weighted by Gasteiger charge is -2.24. The molecule has 22 heavy (non-hydrogen) atoms. The maximum absolute atomic E-state index is 11.7. The predicted molar refractivity (Wildman–Crippen MR) is 98.7 cm³/mol. The SMILES string of the molecule is CC1CC1NC(=NCC(=O)N(C)C)NCC1CCCCO1.I. The van der Waals surface area contributed by atoms with Crippen LogP contribution in [-0.2, 0) is 9.53 Å². The minimum Gasteiger partial charge on any atom is -0.376 e. The van der Waals surface area contributed by atoms with Gasteiger partial charge in [-0.25, -0.2) is 4.99 Å².